The van der Waals surface area contributed by atoms with Crippen LogP contribution in [-0.2, 0) is 4.74 Å². The molecule has 0 heterocycles. The molecular weight excluding hydrogens is 273 g/mol. The largest absolute Gasteiger partial charge is 0.491 e. The number of ether oxygens (including phenoxy) is 2. The van der Waals surface area contributed by atoms with Gasteiger partial charge in [0.05, 0.1) is 6.10 Å². The fraction of sp³-hybridized carbons (Fsp3) is 0.625. The fourth-order valence-electron chi connectivity index (χ4n) is 2.69. The van der Waals surface area contributed by atoms with Gasteiger partial charge in [0.2, 0.25) is 0 Å². The summed E-state index contributed by atoms with van der Waals surface area (Å²) in [5.74, 6) is 0.253. The molecule has 1 aliphatic rings. The van der Waals surface area contributed by atoms with Gasteiger partial charge in [0.1, 0.15) is 24.3 Å². The van der Waals surface area contributed by atoms with Crippen molar-refractivity contribution < 1.29 is 19.0 Å². The molecule has 3 atom stereocenters. The van der Waals surface area contributed by atoms with Crippen LogP contribution in [0.15, 0.2) is 24.3 Å². The van der Waals surface area contributed by atoms with Gasteiger partial charge in [-0.25, -0.2) is 4.39 Å². The van der Waals surface area contributed by atoms with E-state index in [4.69, 9.17) is 9.47 Å². The van der Waals surface area contributed by atoms with Crippen LogP contribution in [-0.4, -0.2) is 43.6 Å². The van der Waals surface area contributed by atoms with Crippen LogP contribution in [0.25, 0.3) is 0 Å². The first-order valence-corrected chi connectivity index (χ1v) is 7.26. The van der Waals surface area contributed by atoms with E-state index in [0.29, 0.717) is 18.3 Å². The third kappa shape index (κ3) is 3.93. The van der Waals surface area contributed by atoms with Crippen LogP contribution in [0.3, 0.4) is 0 Å². The Labute approximate surface area is 125 Å². The van der Waals surface area contributed by atoms with Crippen molar-refractivity contribution in [3.05, 3.63) is 30.1 Å². The number of halogens is 1. The van der Waals surface area contributed by atoms with Gasteiger partial charge in [0.25, 0.3) is 0 Å². The average Bonchev–Trinajstić information content (AvgIpc) is 2.45. The second kappa shape index (κ2) is 6.73. The lowest BCUT2D eigenvalue weighted by atomic mass is 9.64. The Hall–Kier alpha value is -1.17. The van der Waals surface area contributed by atoms with Crippen LogP contribution in [0.1, 0.15) is 20.3 Å². The zero-order chi connectivity index (χ0) is 15.5. The van der Waals surface area contributed by atoms with Gasteiger partial charge in [0.15, 0.2) is 0 Å². The zero-order valence-corrected chi connectivity index (χ0v) is 12.8. The number of aliphatic hydroxyl groups excluding tert-OH is 1. The van der Waals surface area contributed by atoms with Crippen molar-refractivity contribution in [2.45, 2.75) is 38.5 Å². The highest BCUT2D eigenvalue weighted by atomic mass is 19.1. The highest BCUT2D eigenvalue weighted by Crippen LogP contribution is 2.42. The van der Waals surface area contributed by atoms with Crippen LogP contribution >= 0.6 is 0 Å². The van der Waals surface area contributed by atoms with E-state index in [0.717, 1.165) is 6.42 Å². The average molecular weight is 297 g/mol. The predicted molar refractivity (Wildman–Crippen MR) is 78.9 cm³/mol. The number of rotatable bonds is 7. The molecule has 1 saturated carbocycles. The van der Waals surface area contributed by atoms with Gasteiger partial charge < -0.3 is 19.9 Å². The van der Waals surface area contributed by atoms with E-state index < -0.39 is 6.10 Å². The summed E-state index contributed by atoms with van der Waals surface area (Å²) in [5.41, 5.74) is 0.0757. The minimum Gasteiger partial charge on any atom is -0.491 e. The van der Waals surface area contributed by atoms with E-state index in [1.54, 1.807) is 19.2 Å². The topological polar surface area (TPSA) is 50.7 Å². The first-order valence-electron chi connectivity index (χ1n) is 7.26. The van der Waals surface area contributed by atoms with Crippen LogP contribution in [0.5, 0.6) is 5.75 Å². The van der Waals surface area contributed by atoms with Crippen molar-refractivity contribution in [1.82, 2.24) is 5.32 Å². The molecule has 1 aromatic carbocycles. The predicted octanol–water partition coefficient (Wildman–Crippen LogP) is 1.97. The molecule has 4 nitrogen and oxygen atoms in total. The second-order valence-electron chi connectivity index (χ2n) is 6.16. The van der Waals surface area contributed by atoms with Gasteiger partial charge in [-0.05, 0) is 30.7 Å². The van der Waals surface area contributed by atoms with Crippen LogP contribution in [0.4, 0.5) is 4.39 Å². The number of benzene rings is 1. The Kier molecular flexibility index (Phi) is 5.19. The maximum absolute atomic E-state index is 12.7. The van der Waals surface area contributed by atoms with E-state index in [-0.39, 0.29) is 23.9 Å². The summed E-state index contributed by atoms with van der Waals surface area (Å²) >= 11 is 0. The van der Waals surface area contributed by atoms with Gasteiger partial charge >= 0.3 is 0 Å². The summed E-state index contributed by atoms with van der Waals surface area (Å²) in [6.07, 6.45) is 0.616. The maximum atomic E-state index is 12.7. The Morgan fingerprint density at radius 3 is 2.62 bits per heavy atom. The van der Waals surface area contributed by atoms with Crippen LogP contribution in [0.2, 0.25) is 0 Å². The third-order valence-corrected chi connectivity index (χ3v) is 4.32. The molecule has 118 valence electrons. The van der Waals surface area contributed by atoms with Gasteiger partial charge in [0, 0.05) is 25.1 Å². The molecular formula is C16H24FNO3. The summed E-state index contributed by atoms with van der Waals surface area (Å²) in [5, 5.41) is 13.3. The number of nitrogens with one attached hydrogen (secondary N) is 1. The highest BCUT2D eigenvalue weighted by Gasteiger charge is 2.48. The molecule has 21 heavy (non-hydrogen) atoms. The Morgan fingerprint density at radius 1 is 1.38 bits per heavy atom. The highest BCUT2D eigenvalue weighted by molar-refractivity contribution is 5.22. The normalized spacial score (nSPS) is 25.2. The summed E-state index contributed by atoms with van der Waals surface area (Å²) in [4.78, 5) is 0. The molecule has 0 amide bonds. The molecule has 2 N–H and O–H groups in total. The number of aliphatic hydroxyl groups is 1. The lowest BCUT2D eigenvalue weighted by molar-refractivity contribution is -0.0996. The quantitative estimate of drug-likeness (QED) is 0.808. The van der Waals surface area contributed by atoms with Crippen molar-refractivity contribution in [2.75, 3.05) is 20.3 Å². The lowest BCUT2D eigenvalue weighted by Gasteiger charge is -2.51. The zero-order valence-electron chi connectivity index (χ0n) is 12.8. The molecule has 1 fully saturated rings. The third-order valence-electron chi connectivity index (χ3n) is 4.32. The van der Waals surface area contributed by atoms with E-state index in [1.807, 2.05) is 0 Å². The number of hydrogen-bond acceptors (Lipinski definition) is 4. The second-order valence-corrected chi connectivity index (χ2v) is 6.16. The van der Waals surface area contributed by atoms with Crippen molar-refractivity contribution in [1.29, 1.82) is 0 Å². The molecule has 2 rings (SSSR count). The maximum Gasteiger partial charge on any atom is 0.123 e. The lowest BCUT2D eigenvalue weighted by Crippen LogP contribution is -2.61. The molecule has 3 unspecified atom stereocenters. The number of hydrogen-bond donors (Lipinski definition) is 2. The van der Waals surface area contributed by atoms with E-state index in [2.05, 4.69) is 19.2 Å². The van der Waals surface area contributed by atoms with E-state index >= 15 is 0 Å². The molecule has 1 aliphatic carbocycles. The summed E-state index contributed by atoms with van der Waals surface area (Å²) in [6.45, 7) is 4.96. The Balaban J connectivity index is 1.68. The molecule has 0 aromatic heterocycles. The van der Waals surface area contributed by atoms with E-state index in [1.165, 1.54) is 12.1 Å². The molecule has 1 aromatic rings. The first-order chi connectivity index (χ1) is 9.93. The Morgan fingerprint density at radius 2 is 2.05 bits per heavy atom. The van der Waals surface area contributed by atoms with E-state index in [9.17, 15) is 9.50 Å². The molecule has 0 spiro atoms. The fourth-order valence-corrected chi connectivity index (χ4v) is 2.69. The molecule has 0 bridgehead atoms. The number of methoxy groups -OCH3 is 1. The van der Waals surface area contributed by atoms with Gasteiger partial charge in [-0.15, -0.1) is 0 Å². The van der Waals surface area contributed by atoms with Gasteiger partial charge in [-0.2, -0.15) is 0 Å². The van der Waals surface area contributed by atoms with Gasteiger partial charge in [-0.1, -0.05) is 13.8 Å². The van der Waals surface area contributed by atoms with Crippen molar-refractivity contribution in [3.63, 3.8) is 0 Å². The van der Waals surface area contributed by atoms with Crippen molar-refractivity contribution in [2.24, 2.45) is 5.41 Å². The van der Waals surface area contributed by atoms with Crippen LogP contribution in [0, 0.1) is 11.2 Å². The smallest absolute Gasteiger partial charge is 0.123 e. The first kappa shape index (κ1) is 16.2. The molecule has 0 radical (unpaired) electrons. The minimum atomic E-state index is -0.604. The summed E-state index contributed by atoms with van der Waals surface area (Å²) in [6, 6.07) is 6.10. The summed E-state index contributed by atoms with van der Waals surface area (Å²) in [7, 11) is 1.73. The van der Waals surface area contributed by atoms with Crippen molar-refractivity contribution >= 4 is 0 Å². The van der Waals surface area contributed by atoms with Crippen LogP contribution < -0.4 is 10.1 Å². The molecule has 0 saturated heterocycles. The molecule has 0 aliphatic heterocycles. The monoisotopic (exact) mass is 297 g/mol. The minimum absolute atomic E-state index is 0.0757. The standard InChI is InChI=1S/C16H24FNO3/c1-16(2)14(8-15(16)20-3)18-9-12(19)10-21-13-6-4-11(17)5-7-13/h4-7,12,14-15,18-19H,8-10H2,1-3H3. The van der Waals surface area contributed by atoms with Crippen molar-refractivity contribution in [3.8, 4) is 5.75 Å². The SMILES string of the molecule is COC1CC(NCC(O)COc2ccc(F)cc2)C1(C)C. The Bertz CT molecular complexity index is 449. The van der Waals surface area contributed by atoms with Gasteiger partial charge in [-0.3, -0.25) is 0 Å². The summed E-state index contributed by atoms with van der Waals surface area (Å²) < 4.78 is 23.6. The molecule has 5 heteroatoms.